The van der Waals surface area contributed by atoms with Crippen LogP contribution in [0.4, 0.5) is 0 Å². The van der Waals surface area contributed by atoms with Crippen molar-refractivity contribution in [2.45, 2.75) is 32.9 Å². The number of hydrogen-bond acceptors (Lipinski definition) is 1. The molecule has 2 aromatic carbocycles. The number of aromatic nitrogens is 2. The number of hydrogen-bond donors (Lipinski definition) is 0. The number of halogens is 3. The molecule has 0 saturated heterocycles. The largest absolute Gasteiger partial charge is 1.00 e. The van der Waals surface area contributed by atoms with E-state index in [0.717, 1.165) is 41.8 Å². The second-order valence-corrected chi connectivity index (χ2v) is 7.55. The molecule has 0 aliphatic carbocycles. The van der Waals surface area contributed by atoms with Crippen molar-refractivity contribution in [1.82, 2.24) is 4.57 Å². The Morgan fingerprint density at radius 1 is 1.11 bits per heavy atom. The van der Waals surface area contributed by atoms with Crippen molar-refractivity contribution in [3.8, 4) is 11.3 Å². The van der Waals surface area contributed by atoms with Gasteiger partial charge in [0.05, 0.1) is 23.0 Å². The van der Waals surface area contributed by atoms with E-state index in [2.05, 4.69) is 15.3 Å². The summed E-state index contributed by atoms with van der Waals surface area (Å²) in [4.78, 5) is 12.7. The fourth-order valence-electron chi connectivity index (χ4n) is 3.52. The summed E-state index contributed by atoms with van der Waals surface area (Å²) in [6.45, 7) is 3.32. The van der Waals surface area contributed by atoms with Crippen molar-refractivity contribution in [1.29, 1.82) is 0 Å². The van der Waals surface area contributed by atoms with Gasteiger partial charge in [-0.3, -0.25) is 4.79 Å². The van der Waals surface area contributed by atoms with Gasteiger partial charge in [-0.15, -0.1) is 0 Å². The molecule has 0 atom stereocenters. The molecule has 140 valence electrons. The number of fused-ring (bicyclic) bond motifs is 1. The molecule has 6 heteroatoms. The lowest BCUT2D eigenvalue weighted by Gasteiger charge is -2.01. The van der Waals surface area contributed by atoms with E-state index in [-0.39, 0.29) is 22.8 Å². The van der Waals surface area contributed by atoms with Crippen molar-refractivity contribution in [3.05, 3.63) is 75.7 Å². The maximum Gasteiger partial charge on any atom is 0.257 e. The average Bonchev–Trinajstić information content (AvgIpc) is 3.22. The van der Waals surface area contributed by atoms with Gasteiger partial charge in [-0.1, -0.05) is 53.0 Å². The molecule has 0 amide bonds. The number of benzene rings is 2. The first-order chi connectivity index (χ1) is 12.5. The molecule has 0 fully saturated rings. The van der Waals surface area contributed by atoms with Crippen LogP contribution in [-0.2, 0) is 19.5 Å². The lowest BCUT2D eigenvalue weighted by atomic mass is 10.1. The molecule has 3 aromatic rings. The lowest BCUT2D eigenvalue weighted by molar-refractivity contribution is -0.689. The van der Waals surface area contributed by atoms with E-state index in [4.69, 9.17) is 23.2 Å². The molecule has 0 unspecified atom stereocenters. The zero-order valence-corrected chi connectivity index (χ0v) is 18.0. The molecule has 0 spiro atoms. The first-order valence-corrected chi connectivity index (χ1v) is 9.45. The SMILES string of the molecule is Cc1ccc(C(=O)C[n+]2cc(-c3ccc(Cl)c(Cl)c3)n3c2CCC3)cc1.[Br-]. The van der Waals surface area contributed by atoms with Crippen LogP contribution < -0.4 is 21.5 Å². The summed E-state index contributed by atoms with van der Waals surface area (Å²) in [6, 6.07) is 13.4. The Labute approximate surface area is 179 Å². The van der Waals surface area contributed by atoms with Gasteiger partial charge in [-0.05, 0) is 31.5 Å². The predicted molar refractivity (Wildman–Crippen MR) is 104 cm³/mol. The van der Waals surface area contributed by atoms with Gasteiger partial charge in [0, 0.05) is 11.1 Å². The summed E-state index contributed by atoms with van der Waals surface area (Å²) >= 11 is 12.2. The van der Waals surface area contributed by atoms with Crippen LogP contribution in [0, 0.1) is 6.92 Å². The van der Waals surface area contributed by atoms with Crippen LogP contribution in [0.2, 0.25) is 10.0 Å². The van der Waals surface area contributed by atoms with E-state index in [1.54, 1.807) is 0 Å². The standard InChI is InChI=1S/C21H19Cl2N2O.BrH/c1-14-4-6-15(7-5-14)20(26)13-24-12-19(25-10-2-3-21(24)25)16-8-9-17(22)18(23)11-16;/h4-9,11-12H,2-3,10,13H2,1H3;1H/q+1;/p-1. The average molecular weight is 466 g/mol. The monoisotopic (exact) mass is 464 g/mol. The first kappa shape index (κ1) is 20.1. The maximum absolute atomic E-state index is 12.7. The fraction of sp³-hybridized carbons (Fsp3) is 0.238. The van der Waals surface area contributed by atoms with Crippen molar-refractivity contribution in [2.75, 3.05) is 0 Å². The maximum atomic E-state index is 12.7. The Kier molecular flexibility index (Phi) is 6.09. The Morgan fingerprint density at radius 2 is 1.85 bits per heavy atom. The fourth-order valence-corrected chi connectivity index (χ4v) is 3.82. The van der Waals surface area contributed by atoms with Gasteiger partial charge in [-0.2, -0.15) is 0 Å². The van der Waals surface area contributed by atoms with Crippen LogP contribution in [0.25, 0.3) is 11.3 Å². The van der Waals surface area contributed by atoms with E-state index in [0.29, 0.717) is 16.6 Å². The highest BCUT2D eigenvalue weighted by atomic mass is 79.9. The molecule has 1 aliphatic heterocycles. The number of nitrogens with zero attached hydrogens (tertiary/aromatic N) is 2. The molecule has 0 saturated carbocycles. The molecule has 0 N–H and O–H groups in total. The van der Waals surface area contributed by atoms with Crippen LogP contribution in [-0.4, -0.2) is 10.4 Å². The van der Waals surface area contributed by atoms with E-state index in [9.17, 15) is 4.79 Å². The van der Waals surface area contributed by atoms with Crippen LogP contribution in [0.3, 0.4) is 0 Å². The molecule has 2 heterocycles. The molecule has 1 aromatic heterocycles. The molecule has 4 rings (SSSR count). The second-order valence-electron chi connectivity index (χ2n) is 6.73. The molecule has 1 aliphatic rings. The zero-order valence-electron chi connectivity index (χ0n) is 14.9. The summed E-state index contributed by atoms with van der Waals surface area (Å²) in [7, 11) is 0. The highest BCUT2D eigenvalue weighted by Crippen LogP contribution is 2.30. The van der Waals surface area contributed by atoms with Crippen LogP contribution in [0.5, 0.6) is 0 Å². The van der Waals surface area contributed by atoms with Crippen LogP contribution >= 0.6 is 23.2 Å². The van der Waals surface area contributed by atoms with E-state index in [1.165, 1.54) is 5.82 Å². The highest BCUT2D eigenvalue weighted by Gasteiger charge is 2.30. The summed E-state index contributed by atoms with van der Waals surface area (Å²) in [6.07, 6.45) is 4.12. The molecular formula is C21H19BrCl2N2O. The number of carbonyl (C=O) groups is 1. The third kappa shape index (κ3) is 3.98. The van der Waals surface area contributed by atoms with E-state index < -0.39 is 0 Å². The number of imidazole rings is 1. The van der Waals surface area contributed by atoms with Crippen molar-refractivity contribution >= 4 is 29.0 Å². The Balaban J connectivity index is 0.00000210. The van der Waals surface area contributed by atoms with Gasteiger partial charge in [0.25, 0.3) is 5.82 Å². The predicted octanol–water partition coefficient (Wildman–Crippen LogP) is 1.89. The van der Waals surface area contributed by atoms with Crippen LogP contribution in [0.15, 0.2) is 48.7 Å². The molecule has 0 bridgehead atoms. The third-order valence-corrected chi connectivity index (χ3v) is 5.64. The van der Waals surface area contributed by atoms with Gasteiger partial charge in [0.15, 0.2) is 12.2 Å². The summed E-state index contributed by atoms with van der Waals surface area (Å²) in [5, 5.41) is 1.09. The molecule has 3 nitrogen and oxygen atoms in total. The minimum absolute atomic E-state index is 0. The summed E-state index contributed by atoms with van der Waals surface area (Å²) < 4.78 is 4.36. The Morgan fingerprint density at radius 3 is 2.56 bits per heavy atom. The summed E-state index contributed by atoms with van der Waals surface area (Å²) in [5.41, 5.74) is 4.00. The number of ketones is 1. The third-order valence-electron chi connectivity index (χ3n) is 4.90. The topological polar surface area (TPSA) is 25.9 Å². The Bertz CT molecular complexity index is 996. The van der Waals surface area contributed by atoms with Gasteiger partial charge >= 0.3 is 0 Å². The Hall–Kier alpha value is -1.62. The first-order valence-electron chi connectivity index (χ1n) is 8.70. The van der Waals surface area contributed by atoms with E-state index >= 15 is 0 Å². The van der Waals surface area contributed by atoms with Crippen molar-refractivity contribution < 1.29 is 26.3 Å². The molecule has 27 heavy (non-hydrogen) atoms. The molecular weight excluding hydrogens is 447 g/mol. The van der Waals surface area contributed by atoms with Crippen LogP contribution in [0.1, 0.15) is 28.2 Å². The molecule has 0 radical (unpaired) electrons. The van der Waals surface area contributed by atoms with E-state index in [1.807, 2.05) is 49.4 Å². The minimum Gasteiger partial charge on any atom is -1.00 e. The number of rotatable bonds is 4. The van der Waals surface area contributed by atoms with Gasteiger partial charge in [-0.25, -0.2) is 9.13 Å². The lowest BCUT2D eigenvalue weighted by Crippen LogP contribution is -3.00. The van der Waals surface area contributed by atoms with Gasteiger partial charge in [0.1, 0.15) is 6.20 Å². The quantitative estimate of drug-likeness (QED) is 0.426. The number of carbonyl (C=O) groups excluding carboxylic acids is 1. The van der Waals surface area contributed by atoms with Gasteiger partial charge < -0.3 is 17.0 Å². The van der Waals surface area contributed by atoms with Crippen molar-refractivity contribution in [2.24, 2.45) is 0 Å². The number of Topliss-reactive ketones (excluding diaryl/α,β-unsaturated/α-hetero) is 1. The smallest absolute Gasteiger partial charge is 0.257 e. The zero-order chi connectivity index (χ0) is 18.3. The van der Waals surface area contributed by atoms with Gasteiger partial charge in [0.2, 0.25) is 5.78 Å². The second kappa shape index (κ2) is 8.17. The summed E-state index contributed by atoms with van der Waals surface area (Å²) in [5.74, 6) is 1.31. The highest BCUT2D eigenvalue weighted by molar-refractivity contribution is 6.42. The normalized spacial score (nSPS) is 12.6. The van der Waals surface area contributed by atoms with Crippen molar-refractivity contribution in [3.63, 3.8) is 0 Å². The number of aryl methyl sites for hydroxylation is 1. The minimum atomic E-state index is 0.